The van der Waals surface area contributed by atoms with Gasteiger partial charge in [-0.15, -0.1) is 0 Å². The predicted molar refractivity (Wildman–Crippen MR) is 32.4 cm³/mol. The number of hydrogen-bond acceptors (Lipinski definition) is 2. The highest BCUT2D eigenvalue weighted by atomic mass is 16.3. The van der Waals surface area contributed by atoms with Crippen molar-refractivity contribution in [3.8, 4) is 0 Å². The third-order valence-electron chi connectivity index (χ3n) is 1.52. The molecule has 1 aliphatic carbocycles. The first-order valence-corrected chi connectivity index (χ1v) is 2.84. The van der Waals surface area contributed by atoms with Gasteiger partial charge in [-0.2, -0.15) is 0 Å². The third-order valence-corrected chi connectivity index (χ3v) is 1.52. The lowest BCUT2D eigenvalue weighted by Gasteiger charge is -2.16. The van der Waals surface area contributed by atoms with Gasteiger partial charge in [-0.25, -0.2) is 0 Å². The quantitative estimate of drug-likeness (QED) is 0.471. The van der Waals surface area contributed by atoms with Gasteiger partial charge < -0.3 is 10.8 Å². The maximum absolute atomic E-state index is 8.65. The summed E-state index contributed by atoms with van der Waals surface area (Å²) in [5.41, 5.74) is 5.23. The van der Waals surface area contributed by atoms with Crippen LogP contribution in [0.15, 0.2) is 12.2 Å². The SMILES string of the molecule is NC1(CO)C=CCC1. The maximum Gasteiger partial charge on any atom is 0.0647 e. The minimum absolute atomic E-state index is 0.0729. The fraction of sp³-hybridized carbons (Fsp3) is 0.667. The molecule has 0 aromatic rings. The summed E-state index contributed by atoms with van der Waals surface area (Å²) in [7, 11) is 0. The summed E-state index contributed by atoms with van der Waals surface area (Å²) in [6.07, 6.45) is 5.80. The van der Waals surface area contributed by atoms with Crippen molar-refractivity contribution in [1.82, 2.24) is 0 Å². The molecule has 2 nitrogen and oxygen atoms in total. The van der Waals surface area contributed by atoms with E-state index >= 15 is 0 Å². The lowest BCUT2D eigenvalue weighted by atomic mass is 10.0. The standard InChI is InChI=1S/C6H11NO/c7-6(5-8)3-1-2-4-6/h1,3,8H,2,4-5,7H2. The second-order valence-electron chi connectivity index (χ2n) is 2.33. The van der Waals surface area contributed by atoms with E-state index in [-0.39, 0.29) is 12.1 Å². The molecule has 1 rings (SSSR count). The Balaban J connectivity index is 2.54. The molecule has 0 fully saturated rings. The molecule has 1 atom stereocenters. The van der Waals surface area contributed by atoms with Crippen molar-refractivity contribution >= 4 is 0 Å². The smallest absolute Gasteiger partial charge is 0.0647 e. The summed E-state index contributed by atoms with van der Waals surface area (Å²) >= 11 is 0. The second-order valence-corrected chi connectivity index (χ2v) is 2.33. The molecule has 2 heteroatoms. The Morgan fingerprint density at radius 2 is 2.50 bits per heavy atom. The molecule has 0 saturated carbocycles. The molecule has 0 saturated heterocycles. The molecule has 0 radical (unpaired) electrons. The molecular weight excluding hydrogens is 102 g/mol. The van der Waals surface area contributed by atoms with Crippen molar-refractivity contribution in [3.05, 3.63) is 12.2 Å². The molecule has 0 spiro atoms. The predicted octanol–water partition coefficient (Wildman–Crippen LogP) is 0.0262. The molecule has 0 bridgehead atoms. The van der Waals surface area contributed by atoms with Crippen molar-refractivity contribution in [2.45, 2.75) is 18.4 Å². The Morgan fingerprint density at radius 3 is 2.75 bits per heavy atom. The van der Waals surface area contributed by atoms with Crippen LogP contribution in [0.1, 0.15) is 12.8 Å². The molecule has 46 valence electrons. The van der Waals surface area contributed by atoms with E-state index in [1.54, 1.807) is 0 Å². The van der Waals surface area contributed by atoms with E-state index in [1.807, 2.05) is 12.2 Å². The van der Waals surface area contributed by atoms with Gasteiger partial charge in [0.05, 0.1) is 12.1 Å². The minimum Gasteiger partial charge on any atom is -0.394 e. The van der Waals surface area contributed by atoms with Crippen LogP contribution in [-0.4, -0.2) is 17.3 Å². The molecule has 0 aromatic carbocycles. The number of hydrogen-bond donors (Lipinski definition) is 2. The lowest BCUT2D eigenvalue weighted by Crippen LogP contribution is -2.39. The summed E-state index contributed by atoms with van der Waals surface area (Å²) in [6, 6.07) is 0. The van der Waals surface area contributed by atoms with Crippen molar-refractivity contribution < 1.29 is 5.11 Å². The Morgan fingerprint density at radius 1 is 1.75 bits per heavy atom. The van der Waals surface area contributed by atoms with Crippen LogP contribution in [0.25, 0.3) is 0 Å². The molecule has 0 amide bonds. The second kappa shape index (κ2) is 1.88. The summed E-state index contributed by atoms with van der Waals surface area (Å²) in [5.74, 6) is 0. The fourth-order valence-corrected chi connectivity index (χ4v) is 0.885. The Kier molecular flexibility index (Phi) is 1.36. The highest BCUT2D eigenvalue weighted by Gasteiger charge is 2.22. The van der Waals surface area contributed by atoms with Crippen LogP contribution < -0.4 is 5.73 Å². The normalized spacial score (nSPS) is 36.2. The first-order chi connectivity index (χ1) is 3.77. The van der Waals surface area contributed by atoms with Gasteiger partial charge in [0.1, 0.15) is 0 Å². The van der Waals surface area contributed by atoms with Gasteiger partial charge in [-0.05, 0) is 12.8 Å². The van der Waals surface area contributed by atoms with Gasteiger partial charge in [0.25, 0.3) is 0 Å². The Hall–Kier alpha value is -0.340. The van der Waals surface area contributed by atoms with Gasteiger partial charge >= 0.3 is 0 Å². The molecule has 1 aliphatic rings. The molecule has 0 aromatic heterocycles. The number of rotatable bonds is 1. The van der Waals surface area contributed by atoms with Crippen LogP contribution in [0.3, 0.4) is 0 Å². The van der Waals surface area contributed by atoms with Gasteiger partial charge in [0.2, 0.25) is 0 Å². The molecule has 8 heavy (non-hydrogen) atoms. The Labute approximate surface area is 49.0 Å². The summed E-state index contributed by atoms with van der Waals surface area (Å²) < 4.78 is 0. The summed E-state index contributed by atoms with van der Waals surface area (Å²) in [5, 5.41) is 8.65. The van der Waals surface area contributed by atoms with Crippen molar-refractivity contribution in [1.29, 1.82) is 0 Å². The van der Waals surface area contributed by atoms with E-state index in [1.165, 1.54) is 0 Å². The summed E-state index contributed by atoms with van der Waals surface area (Å²) in [6.45, 7) is 0.0729. The number of allylic oxidation sites excluding steroid dienone is 1. The van der Waals surface area contributed by atoms with Crippen molar-refractivity contribution in [2.24, 2.45) is 5.73 Å². The zero-order chi connectivity index (χ0) is 6.04. The van der Waals surface area contributed by atoms with Gasteiger partial charge in [-0.3, -0.25) is 0 Å². The average molecular weight is 113 g/mol. The van der Waals surface area contributed by atoms with Gasteiger partial charge in [0, 0.05) is 0 Å². The van der Waals surface area contributed by atoms with Gasteiger partial charge in [0.15, 0.2) is 0 Å². The molecular formula is C6H11NO. The first kappa shape index (κ1) is 5.79. The van der Waals surface area contributed by atoms with Crippen LogP contribution in [0.2, 0.25) is 0 Å². The number of aliphatic hydroxyl groups excluding tert-OH is 1. The zero-order valence-corrected chi connectivity index (χ0v) is 4.80. The molecule has 3 N–H and O–H groups in total. The number of aliphatic hydroxyl groups is 1. The highest BCUT2D eigenvalue weighted by molar-refractivity contribution is 5.11. The van der Waals surface area contributed by atoms with E-state index in [9.17, 15) is 0 Å². The van der Waals surface area contributed by atoms with E-state index in [2.05, 4.69) is 0 Å². The molecule has 0 aliphatic heterocycles. The zero-order valence-electron chi connectivity index (χ0n) is 4.80. The van der Waals surface area contributed by atoms with Gasteiger partial charge in [-0.1, -0.05) is 12.2 Å². The van der Waals surface area contributed by atoms with Crippen molar-refractivity contribution in [2.75, 3.05) is 6.61 Å². The van der Waals surface area contributed by atoms with Crippen LogP contribution >= 0.6 is 0 Å². The lowest BCUT2D eigenvalue weighted by molar-refractivity contribution is 0.226. The highest BCUT2D eigenvalue weighted by Crippen LogP contribution is 2.17. The Bertz CT molecular complexity index is 111. The van der Waals surface area contributed by atoms with E-state index in [0.717, 1.165) is 12.8 Å². The maximum atomic E-state index is 8.65. The van der Waals surface area contributed by atoms with E-state index < -0.39 is 0 Å². The largest absolute Gasteiger partial charge is 0.394 e. The summed E-state index contributed by atoms with van der Waals surface area (Å²) in [4.78, 5) is 0. The van der Waals surface area contributed by atoms with Crippen LogP contribution in [0, 0.1) is 0 Å². The van der Waals surface area contributed by atoms with Crippen LogP contribution in [-0.2, 0) is 0 Å². The van der Waals surface area contributed by atoms with E-state index in [0.29, 0.717) is 0 Å². The first-order valence-electron chi connectivity index (χ1n) is 2.84. The monoisotopic (exact) mass is 113 g/mol. The molecule has 1 unspecified atom stereocenters. The third kappa shape index (κ3) is 0.904. The van der Waals surface area contributed by atoms with Crippen molar-refractivity contribution in [3.63, 3.8) is 0 Å². The van der Waals surface area contributed by atoms with E-state index in [4.69, 9.17) is 10.8 Å². The fourth-order valence-electron chi connectivity index (χ4n) is 0.885. The van der Waals surface area contributed by atoms with Crippen LogP contribution in [0.4, 0.5) is 0 Å². The number of nitrogens with two attached hydrogens (primary N) is 1. The minimum atomic E-state index is -0.389. The van der Waals surface area contributed by atoms with Crippen LogP contribution in [0.5, 0.6) is 0 Å². The average Bonchev–Trinajstić information content (AvgIpc) is 2.17. The topological polar surface area (TPSA) is 46.2 Å². The molecule has 0 heterocycles.